The summed E-state index contributed by atoms with van der Waals surface area (Å²) in [6.07, 6.45) is 1.17. The van der Waals surface area contributed by atoms with Gasteiger partial charge in [0.15, 0.2) is 0 Å². The van der Waals surface area contributed by atoms with Crippen molar-refractivity contribution in [1.29, 1.82) is 0 Å². The third-order valence-corrected chi connectivity index (χ3v) is 2.38. The molecule has 0 aromatic heterocycles. The molecule has 1 saturated heterocycles. The average molecular weight is 177 g/mol. The van der Waals surface area contributed by atoms with Gasteiger partial charge < -0.3 is 16.4 Å². The Morgan fingerprint density at radius 3 is 2.92 bits per heavy atom. The van der Waals surface area contributed by atoms with Gasteiger partial charge in [0, 0.05) is 12.6 Å². The summed E-state index contributed by atoms with van der Waals surface area (Å²) in [6, 6.07) is 8.43. The molecule has 1 heterocycles. The summed E-state index contributed by atoms with van der Waals surface area (Å²) in [5.74, 6) is 0. The van der Waals surface area contributed by atoms with E-state index in [-0.39, 0.29) is 0 Å². The molecule has 1 atom stereocenters. The molecule has 4 N–H and O–H groups in total. The number of benzene rings is 1. The monoisotopic (exact) mass is 177 g/mol. The molecule has 1 aliphatic rings. The molecule has 2 rings (SSSR count). The molecule has 0 radical (unpaired) electrons. The van der Waals surface area contributed by atoms with Crippen LogP contribution < -0.4 is 16.4 Å². The Morgan fingerprint density at radius 1 is 1.38 bits per heavy atom. The van der Waals surface area contributed by atoms with E-state index in [4.69, 9.17) is 5.73 Å². The molecule has 13 heavy (non-hydrogen) atoms. The molecule has 1 unspecified atom stereocenters. The van der Waals surface area contributed by atoms with Crippen molar-refractivity contribution in [1.82, 2.24) is 5.32 Å². The van der Waals surface area contributed by atoms with Crippen LogP contribution in [0.5, 0.6) is 0 Å². The fourth-order valence-corrected chi connectivity index (χ4v) is 1.63. The highest BCUT2D eigenvalue weighted by Gasteiger charge is 2.14. The summed E-state index contributed by atoms with van der Waals surface area (Å²) in [5.41, 5.74) is 7.70. The van der Waals surface area contributed by atoms with Gasteiger partial charge in [-0.05, 0) is 25.1 Å². The molecular weight excluding hydrogens is 162 g/mol. The Bertz CT molecular complexity index is 279. The highest BCUT2D eigenvalue weighted by molar-refractivity contribution is 5.66. The fourth-order valence-electron chi connectivity index (χ4n) is 1.63. The fraction of sp³-hybridized carbons (Fsp3) is 0.400. The molecule has 3 heteroatoms. The van der Waals surface area contributed by atoms with Crippen LogP contribution in [-0.2, 0) is 0 Å². The Balaban J connectivity index is 2.04. The first-order chi connectivity index (χ1) is 6.36. The molecule has 1 fully saturated rings. The lowest BCUT2D eigenvalue weighted by molar-refractivity contribution is 0.794. The first kappa shape index (κ1) is 8.38. The maximum Gasteiger partial charge on any atom is 0.0576 e. The number of hydrogen-bond acceptors (Lipinski definition) is 3. The highest BCUT2D eigenvalue weighted by Crippen LogP contribution is 2.18. The van der Waals surface area contributed by atoms with Gasteiger partial charge in [-0.25, -0.2) is 0 Å². The third kappa shape index (κ3) is 1.92. The predicted molar refractivity (Wildman–Crippen MR) is 55.8 cm³/mol. The molecule has 0 aliphatic carbocycles. The van der Waals surface area contributed by atoms with Gasteiger partial charge in [0.25, 0.3) is 0 Å². The Hall–Kier alpha value is -1.22. The zero-order chi connectivity index (χ0) is 9.10. The minimum atomic E-state index is 0.532. The number of nitrogens with two attached hydrogens (primary N) is 1. The van der Waals surface area contributed by atoms with Crippen molar-refractivity contribution in [3.63, 3.8) is 0 Å². The second-order valence-corrected chi connectivity index (χ2v) is 3.42. The largest absolute Gasteiger partial charge is 0.397 e. The summed E-state index contributed by atoms with van der Waals surface area (Å²) in [7, 11) is 0. The lowest BCUT2D eigenvalue weighted by Crippen LogP contribution is -2.22. The van der Waals surface area contributed by atoms with E-state index >= 15 is 0 Å². The molecule has 70 valence electrons. The zero-order valence-electron chi connectivity index (χ0n) is 7.59. The minimum Gasteiger partial charge on any atom is -0.397 e. The highest BCUT2D eigenvalue weighted by atomic mass is 15.0. The van der Waals surface area contributed by atoms with E-state index in [0.717, 1.165) is 24.5 Å². The van der Waals surface area contributed by atoms with Crippen molar-refractivity contribution in [2.75, 3.05) is 24.1 Å². The van der Waals surface area contributed by atoms with Crippen LogP contribution in [0.25, 0.3) is 0 Å². The van der Waals surface area contributed by atoms with Crippen LogP contribution in [-0.4, -0.2) is 19.1 Å². The van der Waals surface area contributed by atoms with Crippen LogP contribution >= 0.6 is 0 Å². The summed E-state index contributed by atoms with van der Waals surface area (Å²) < 4.78 is 0. The Morgan fingerprint density at radius 2 is 2.23 bits per heavy atom. The number of anilines is 2. The van der Waals surface area contributed by atoms with Crippen molar-refractivity contribution in [3.8, 4) is 0 Å². The van der Waals surface area contributed by atoms with Crippen LogP contribution in [0.2, 0.25) is 0 Å². The summed E-state index contributed by atoms with van der Waals surface area (Å²) >= 11 is 0. The summed E-state index contributed by atoms with van der Waals surface area (Å²) in [5, 5.41) is 6.73. The van der Waals surface area contributed by atoms with Gasteiger partial charge >= 0.3 is 0 Å². The number of nitrogen functional groups attached to an aromatic ring is 1. The number of hydrogen-bond donors (Lipinski definition) is 3. The zero-order valence-corrected chi connectivity index (χ0v) is 7.59. The van der Waals surface area contributed by atoms with Crippen LogP contribution in [0.4, 0.5) is 11.4 Å². The van der Waals surface area contributed by atoms with E-state index in [2.05, 4.69) is 10.6 Å². The van der Waals surface area contributed by atoms with E-state index in [1.807, 2.05) is 24.3 Å². The van der Waals surface area contributed by atoms with Crippen LogP contribution in [0.3, 0.4) is 0 Å². The predicted octanol–water partition coefficient (Wildman–Crippen LogP) is 1.04. The number of rotatable bonds is 2. The number of nitrogens with one attached hydrogen (secondary N) is 2. The molecule has 1 aromatic rings. The molecule has 0 spiro atoms. The molecule has 0 amide bonds. The SMILES string of the molecule is Nc1ccccc1NC1CCNC1. The average Bonchev–Trinajstić information content (AvgIpc) is 2.61. The van der Waals surface area contributed by atoms with E-state index in [0.29, 0.717) is 6.04 Å². The van der Waals surface area contributed by atoms with Gasteiger partial charge in [-0.1, -0.05) is 12.1 Å². The minimum absolute atomic E-state index is 0.532. The maximum absolute atomic E-state index is 5.82. The van der Waals surface area contributed by atoms with E-state index in [9.17, 15) is 0 Å². The van der Waals surface area contributed by atoms with Crippen molar-refractivity contribution >= 4 is 11.4 Å². The quantitative estimate of drug-likeness (QED) is 0.592. The normalized spacial score (nSPS) is 21.7. The van der Waals surface area contributed by atoms with Gasteiger partial charge in [-0.2, -0.15) is 0 Å². The van der Waals surface area contributed by atoms with Crippen LogP contribution in [0.15, 0.2) is 24.3 Å². The first-order valence-corrected chi connectivity index (χ1v) is 4.68. The van der Waals surface area contributed by atoms with Crippen molar-refractivity contribution in [3.05, 3.63) is 24.3 Å². The first-order valence-electron chi connectivity index (χ1n) is 4.68. The summed E-state index contributed by atoms with van der Waals surface area (Å²) in [6.45, 7) is 2.14. The molecule has 0 saturated carbocycles. The standard InChI is InChI=1S/C10H15N3/c11-9-3-1-2-4-10(9)13-8-5-6-12-7-8/h1-4,8,12-13H,5-7,11H2. The van der Waals surface area contributed by atoms with Crippen molar-refractivity contribution in [2.24, 2.45) is 0 Å². The Labute approximate surface area is 78.3 Å². The topological polar surface area (TPSA) is 50.1 Å². The van der Waals surface area contributed by atoms with E-state index in [1.165, 1.54) is 6.42 Å². The molecule has 1 aliphatic heterocycles. The van der Waals surface area contributed by atoms with Gasteiger partial charge in [0.1, 0.15) is 0 Å². The lowest BCUT2D eigenvalue weighted by atomic mass is 10.2. The summed E-state index contributed by atoms with van der Waals surface area (Å²) in [4.78, 5) is 0. The van der Waals surface area contributed by atoms with Crippen LogP contribution in [0.1, 0.15) is 6.42 Å². The number of para-hydroxylation sites is 2. The van der Waals surface area contributed by atoms with Crippen molar-refractivity contribution in [2.45, 2.75) is 12.5 Å². The van der Waals surface area contributed by atoms with E-state index < -0.39 is 0 Å². The third-order valence-electron chi connectivity index (χ3n) is 2.38. The second-order valence-electron chi connectivity index (χ2n) is 3.42. The molecule has 0 bridgehead atoms. The lowest BCUT2D eigenvalue weighted by Gasteiger charge is -2.14. The van der Waals surface area contributed by atoms with Crippen molar-refractivity contribution < 1.29 is 0 Å². The molecule has 3 nitrogen and oxygen atoms in total. The van der Waals surface area contributed by atoms with E-state index in [1.54, 1.807) is 0 Å². The second kappa shape index (κ2) is 3.66. The van der Waals surface area contributed by atoms with Gasteiger partial charge in [-0.3, -0.25) is 0 Å². The van der Waals surface area contributed by atoms with Gasteiger partial charge in [0.2, 0.25) is 0 Å². The molecule has 1 aromatic carbocycles. The van der Waals surface area contributed by atoms with Gasteiger partial charge in [0.05, 0.1) is 11.4 Å². The van der Waals surface area contributed by atoms with Gasteiger partial charge in [-0.15, -0.1) is 0 Å². The van der Waals surface area contributed by atoms with Crippen LogP contribution in [0, 0.1) is 0 Å². The Kier molecular flexibility index (Phi) is 2.36. The maximum atomic E-state index is 5.82. The smallest absolute Gasteiger partial charge is 0.0576 e. The molecular formula is C10H15N3.